The Hall–Kier alpha value is -3.34. The van der Waals surface area contributed by atoms with Gasteiger partial charge in [-0.3, -0.25) is 14.4 Å². The number of rotatable bonds is 8. The summed E-state index contributed by atoms with van der Waals surface area (Å²) in [6.45, 7) is 3.04. The topological polar surface area (TPSA) is 95.9 Å². The molecule has 2 aromatic carbocycles. The quantitative estimate of drug-likeness (QED) is 0.528. The van der Waals surface area contributed by atoms with E-state index in [0.29, 0.717) is 16.3 Å². The number of alkyl halides is 2. The number of anilines is 1. The number of carbonyl (C=O) groups is 3. The number of nitrogens with one attached hydrogen (secondary N) is 1. The van der Waals surface area contributed by atoms with E-state index in [1.165, 1.54) is 29.2 Å². The zero-order valence-electron chi connectivity index (χ0n) is 19.6. The number of carboxylic acid groups (broad SMARTS) is 1. The number of carbonyl (C=O) groups excluding carboxylic acids is 2. The summed E-state index contributed by atoms with van der Waals surface area (Å²) >= 11 is 0. The Bertz CT molecular complexity index is 1140. The molecule has 0 bridgehead atoms. The van der Waals surface area contributed by atoms with Crippen molar-refractivity contribution >= 4 is 36.7 Å². The Morgan fingerprint density at radius 1 is 1.14 bits per heavy atom. The summed E-state index contributed by atoms with van der Waals surface area (Å²) in [4.78, 5) is 38.4. The van der Waals surface area contributed by atoms with E-state index in [9.17, 15) is 27.6 Å². The van der Waals surface area contributed by atoms with Gasteiger partial charge in [-0.15, -0.1) is 0 Å². The molecule has 2 aromatic rings. The summed E-state index contributed by atoms with van der Waals surface area (Å²) in [7, 11) is -1.94. The monoisotopic (exact) mass is 508 g/mol. The van der Waals surface area contributed by atoms with Gasteiger partial charge in [0.1, 0.15) is 17.6 Å². The van der Waals surface area contributed by atoms with Crippen molar-refractivity contribution in [2.45, 2.75) is 51.6 Å². The van der Waals surface area contributed by atoms with Gasteiger partial charge in [0.05, 0.1) is 14.5 Å². The molecule has 1 atom stereocenters. The molecular weight excluding hydrogens is 481 g/mol. The van der Waals surface area contributed by atoms with Crippen molar-refractivity contribution in [3.63, 3.8) is 0 Å². The van der Waals surface area contributed by atoms with Gasteiger partial charge in [-0.25, -0.2) is 4.39 Å². The highest BCUT2D eigenvalue weighted by molar-refractivity contribution is 6.88. The molecule has 0 aliphatic carbocycles. The van der Waals surface area contributed by atoms with Crippen molar-refractivity contribution in [3.8, 4) is 5.75 Å². The molecule has 7 nitrogen and oxygen atoms in total. The lowest BCUT2D eigenvalue weighted by Crippen LogP contribution is -2.45. The van der Waals surface area contributed by atoms with Gasteiger partial charge in [-0.05, 0) is 47.0 Å². The fourth-order valence-corrected chi connectivity index (χ4v) is 5.47. The van der Waals surface area contributed by atoms with Crippen LogP contribution in [0.2, 0.25) is 19.6 Å². The normalized spacial score (nSPS) is 15.5. The Kier molecular flexibility index (Phi) is 7.89. The molecule has 2 amide bonds. The molecular formula is C24H27F3N2O5Si. The smallest absolute Gasteiger partial charge is 0.387 e. The lowest BCUT2D eigenvalue weighted by Gasteiger charge is -2.36. The first kappa shape index (κ1) is 26.3. The third kappa shape index (κ3) is 6.41. The highest BCUT2D eigenvalue weighted by Crippen LogP contribution is 2.34. The molecule has 0 fully saturated rings. The van der Waals surface area contributed by atoms with Gasteiger partial charge in [-0.2, -0.15) is 8.78 Å². The zero-order valence-corrected chi connectivity index (χ0v) is 20.6. The molecule has 188 valence electrons. The third-order valence-corrected chi connectivity index (χ3v) is 7.76. The second-order valence-electron chi connectivity index (χ2n) is 9.31. The Balaban J connectivity index is 1.93. The van der Waals surface area contributed by atoms with Crippen molar-refractivity contribution in [2.24, 2.45) is 0 Å². The SMILES string of the molecule is C[Si](C)(C)c1ccc(NC(=O)[C@H]2c3ccc(OC(F)F)cc3CCN2C(=O)CCC(=O)O)cc1F. The van der Waals surface area contributed by atoms with E-state index < -0.39 is 50.7 Å². The van der Waals surface area contributed by atoms with Gasteiger partial charge in [0, 0.05) is 18.7 Å². The molecule has 0 spiro atoms. The van der Waals surface area contributed by atoms with Crippen LogP contribution in [-0.2, 0) is 20.8 Å². The van der Waals surface area contributed by atoms with Gasteiger partial charge >= 0.3 is 12.6 Å². The van der Waals surface area contributed by atoms with Gasteiger partial charge in [0.15, 0.2) is 0 Å². The molecule has 0 unspecified atom stereocenters. The van der Waals surface area contributed by atoms with Crippen LogP contribution >= 0.6 is 0 Å². The highest BCUT2D eigenvalue weighted by atomic mass is 28.3. The number of aliphatic carboxylic acids is 1. The molecule has 35 heavy (non-hydrogen) atoms. The second-order valence-corrected chi connectivity index (χ2v) is 14.3. The van der Waals surface area contributed by atoms with Crippen LogP contribution in [0.25, 0.3) is 0 Å². The van der Waals surface area contributed by atoms with Crippen molar-refractivity contribution in [3.05, 3.63) is 53.3 Å². The molecule has 0 radical (unpaired) electrons. The maximum absolute atomic E-state index is 14.7. The number of halogens is 3. The minimum atomic E-state index is -3.01. The van der Waals surface area contributed by atoms with Gasteiger partial charge in [0.2, 0.25) is 5.91 Å². The van der Waals surface area contributed by atoms with Crippen LogP contribution in [0.4, 0.5) is 18.9 Å². The largest absolute Gasteiger partial charge is 0.481 e. The van der Waals surface area contributed by atoms with E-state index >= 15 is 0 Å². The minimum Gasteiger partial charge on any atom is -0.481 e. The Morgan fingerprint density at radius 3 is 2.46 bits per heavy atom. The first-order chi connectivity index (χ1) is 16.4. The minimum absolute atomic E-state index is 0.0740. The molecule has 1 aliphatic rings. The van der Waals surface area contributed by atoms with E-state index in [0.717, 1.165) is 0 Å². The van der Waals surface area contributed by atoms with E-state index in [2.05, 4.69) is 10.1 Å². The number of benzene rings is 2. The number of fused-ring (bicyclic) bond motifs is 1. The number of ether oxygens (including phenoxy) is 1. The number of hydrogen-bond donors (Lipinski definition) is 2. The molecule has 11 heteroatoms. The number of carboxylic acids is 1. The van der Waals surface area contributed by atoms with Crippen LogP contribution in [0.15, 0.2) is 36.4 Å². The summed E-state index contributed by atoms with van der Waals surface area (Å²) in [5.74, 6) is -2.83. The number of amides is 2. The van der Waals surface area contributed by atoms with Crippen molar-refractivity contribution in [2.75, 3.05) is 11.9 Å². The Morgan fingerprint density at radius 2 is 1.86 bits per heavy atom. The molecule has 2 N–H and O–H groups in total. The molecule has 1 heterocycles. The van der Waals surface area contributed by atoms with Gasteiger partial charge < -0.3 is 20.1 Å². The summed E-state index contributed by atoms with van der Waals surface area (Å²) in [5.41, 5.74) is 1.15. The third-order valence-electron chi connectivity index (χ3n) is 5.73. The fourth-order valence-electron chi connectivity index (χ4n) is 4.10. The summed E-state index contributed by atoms with van der Waals surface area (Å²) in [5, 5.41) is 12.2. The fraction of sp³-hybridized carbons (Fsp3) is 0.375. The average molecular weight is 509 g/mol. The predicted molar refractivity (Wildman–Crippen MR) is 126 cm³/mol. The van der Waals surface area contributed by atoms with E-state index in [4.69, 9.17) is 5.11 Å². The first-order valence-electron chi connectivity index (χ1n) is 11.1. The van der Waals surface area contributed by atoms with Crippen LogP contribution in [0, 0.1) is 5.82 Å². The van der Waals surface area contributed by atoms with Crippen LogP contribution in [-0.4, -0.2) is 49.0 Å². The standard InChI is InChI=1S/C24H27F3N2O5Si/c1-35(2,3)19-7-4-15(13-18(19)25)28-23(33)22-17-6-5-16(34-24(26)27)12-14(17)10-11-29(22)20(30)8-9-21(31)32/h4-7,12-13,22,24H,8-11H2,1-3H3,(H,28,33)(H,31,32)/t22-/m1/s1. The lowest BCUT2D eigenvalue weighted by molar-refractivity contribution is -0.143. The maximum Gasteiger partial charge on any atom is 0.387 e. The van der Waals surface area contributed by atoms with Crippen molar-refractivity contribution < 1.29 is 37.4 Å². The van der Waals surface area contributed by atoms with Crippen molar-refractivity contribution in [1.82, 2.24) is 4.90 Å². The second kappa shape index (κ2) is 10.5. The van der Waals surface area contributed by atoms with Gasteiger partial charge in [0.25, 0.3) is 5.91 Å². The number of hydrogen-bond acceptors (Lipinski definition) is 4. The summed E-state index contributed by atoms with van der Waals surface area (Å²) in [6.07, 6.45) is -0.445. The van der Waals surface area contributed by atoms with Crippen LogP contribution in [0.5, 0.6) is 5.75 Å². The Labute approximate surface area is 201 Å². The average Bonchev–Trinajstić information content (AvgIpc) is 2.75. The highest BCUT2D eigenvalue weighted by Gasteiger charge is 2.36. The van der Waals surface area contributed by atoms with E-state index in [1.807, 2.05) is 19.6 Å². The molecule has 3 rings (SSSR count). The van der Waals surface area contributed by atoms with Gasteiger partial charge in [-0.1, -0.05) is 31.8 Å². The lowest BCUT2D eigenvalue weighted by atomic mass is 9.91. The maximum atomic E-state index is 14.7. The summed E-state index contributed by atoms with van der Waals surface area (Å²) in [6, 6.07) is 7.40. The summed E-state index contributed by atoms with van der Waals surface area (Å²) < 4.78 is 44.4. The first-order valence-corrected chi connectivity index (χ1v) is 14.6. The van der Waals surface area contributed by atoms with Crippen LogP contribution in [0.3, 0.4) is 0 Å². The van der Waals surface area contributed by atoms with E-state index in [-0.39, 0.29) is 30.8 Å². The molecule has 1 aliphatic heterocycles. The van der Waals surface area contributed by atoms with Crippen molar-refractivity contribution in [1.29, 1.82) is 0 Å². The number of nitrogens with zero attached hydrogens (tertiary/aromatic N) is 1. The molecule has 0 aromatic heterocycles. The van der Waals surface area contributed by atoms with Crippen LogP contribution in [0.1, 0.15) is 30.0 Å². The molecule has 0 saturated heterocycles. The van der Waals surface area contributed by atoms with E-state index in [1.54, 1.807) is 12.1 Å². The van der Waals surface area contributed by atoms with Crippen LogP contribution < -0.4 is 15.2 Å². The zero-order chi connectivity index (χ0) is 25.9. The predicted octanol–water partition coefficient (Wildman–Crippen LogP) is 3.90. The molecule has 0 saturated carbocycles.